The van der Waals surface area contributed by atoms with E-state index in [-0.39, 0.29) is 28.8 Å². The summed E-state index contributed by atoms with van der Waals surface area (Å²) in [6, 6.07) is 20.5. The number of hydrogen-bond acceptors (Lipinski definition) is 3. The standard InChI is InChI=1S/C26H31N3O2.BrH/c1-20-28(15-8-18-30)16-17-29(20)24-14-13-23(19-24)26(25(27)31,21-9-4-2-5-10-21)22-11-6-3-7-12-22;/h2-7,9-12,18,23-24H,8,13-17,19H2,1H3,(H-,27,31);1H/t23-,24+;/m0./s1. The first-order chi connectivity index (χ1) is 15.1. The largest absolute Gasteiger partial charge is 1.00 e. The van der Waals surface area contributed by atoms with Crippen molar-refractivity contribution in [3.05, 3.63) is 71.8 Å². The highest BCUT2D eigenvalue weighted by molar-refractivity contribution is 5.91. The maximum absolute atomic E-state index is 13.2. The molecule has 0 saturated heterocycles. The van der Waals surface area contributed by atoms with Crippen LogP contribution in [0.4, 0.5) is 0 Å². The summed E-state index contributed by atoms with van der Waals surface area (Å²) in [7, 11) is 0. The summed E-state index contributed by atoms with van der Waals surface area (Å²) in [5.41, 5.74) is 7.35. The molecule has 2 aromatic rings. The fourth-order valence-corrected chi connectivity index (χ4v) is 5.82. The van der Waals surface area contributed by atoms with Gasteiger partial charge in [-0.1, -0.05) is 60.7 Å². The zero-order chi connectivity index (χ0) is 21.8. The Labute approximate surface area is 201 Å². The fourth-order valence-electron chi connectivity index (χ4n) is 5.82. The van der Waals surface area contributed by atoms with Gasteiger partial charge in [0.1, 0.15) is 24.8 Å². The van der Waals surface area contributed by atoms with Crippen LogP contribution in [0.3, 0.4) is 0 Å². The molecule has 32 heavy (non-hydrogen) atoms. The molecule has 4 rings (SSSR count). The minimum Gasteiger partial charge on any atom is -1.00 e. The van der Waals surface area contributed by atoms with Crippen LogP contribution in [0.15, 0.2) is 60.7 Å². The monoisotopic (exact) mass is 497 g/mol. The smallest absolute Gasteiger partial charge is 0.244 e. The molecule has 0 bridgehead atoms. The molecule has 2 atom stereocenters. The molecular formula is C26H32BrN3O2. The van der Waals surface area contributed by atoms with E-state index in [4.69, 9.17) is 5.73 Å². The number of primary amides is 1. The van der Waals surface area contributed by atoms with Crippen molar-refractivity contribution in [3.8, 4) is 0 Å². The van der Waals surface area contributed by atoms with Gasteiger partial charge in [0.25, 0.3) is 0 Å². The van der Waals surface area contributed by atoms with E-state index in [1.54, 1.807) is 0 Å². The van der Waals surface area contributed by atoms with Crippen LogP contribution in [0.5, 0.6) is 0 Å². The number of benzene rings is 2. The molecule has 1 heterocycles. The minimum absolute atomic E-state index is 0. The molecule has 2 N–H and O–H groups in total. The highest BCUT2D eigenvalue weighted by atomic mass is 79.9. The van der Waals surface area contributed by atoms with Gasteiger partial charge in [-0.05, 0) is 36.3 Å². The number of nitrogens with zero attached hydrogens (tertiary/aromatic N) is 2. The van der Waals surface area contributed by atoms with Gasteiger partial charge < -0.3 is 27.5 Å². The van der Waals surface area contributed by atoms with E-state index in [0.717, 1.165) is 56.3 Å². The molecular weight excluding hydrogens is 466 g/mol. The van der Waals surface area contributed by atoms with Gasteiger partial charge in [-0.2, -0.15) is 0 Å². The molecule has 2 aliphatic rings. The summed E-state index contributed by atoms with van der Waals surface area (Å²) in [5, 5.41) is 0. The number of carbonyl (C=O) groups excluding carboxylic acids is 2. The Hall–Kier alpha value is -2.47. The summed E-state index contributed by atoms with van der Waals surface area (Å²) < 4.78 is 2.30. The van der Waals surface area contributed by atoms with Crippen molar-refractivity contribution in [3.63, 3.8) is 0 Å². The number of amides is 1. The third kappa shape index (κ3) is 4.25. The second kappa shape index (κ2) is 10.4. The number of halogens is 1. The Balaban J connectivity index is 0.00000289. The van der Waals surface area contributed by atoms with Crippen LogP contribution in [0, 0.1) is 5.92 Å². The molecule has 1 fully saturated rings. The van der Waals surface area contributed by atoms with Crippen LogP contribution in [0.2, 0.25) is 0 Å². The van der Waals surface area contributed by atoms with Gasteiger partial charge in [0.2, 0.25) is 11.7 Å². The summed E-state index contributed by atoms with van der Waals surface area (Å²) in [4.78, 5) is 26.5. The molecule has 1 amide bonds. The zero-order valence-electron chi connectivity index (χ0n) is 18.6. The Kier molecular flexibility index (Phi) is 7.88. The average Bonchev–Trinajstić information content (AvgIpc) is 3.41. The molecule has 170 valence electrons. The Morgan fingerprint density at radius 1 is 1.09 bits per heavy atom. The molecule has 0 aromatic heterocycles. The highest BCUT2D eigenvalue weighted by Crippen LogP contribution is 2.48. The second-order valence-corrected chi connectivity index (χ2v) is 8.75. The number of hydrogen-bond donors (Lipinski definition) is 1. The minimum atomic E-state index is -0.831. The van der Waals surface area contributed by atoms with Gasteiger partial charge >= 0.3 is 0 Å². The van der Waals surface area contributed by atoms with Gasteiger partial charge in [-0.15, -0.1) is 0 Å². The van der Waals surface area contributed by atoms with E-state index in [1.165, 1.54) is 5.84 Å². The third-order valence-corrected chi connectivity index (χ3v) is 7.31. The number of rotatable bonds is 8. The van der Waals surface area contributed by atoms with Crippen molar-refractivity contribution >= 4 is 18.0 Å². The quantitative estimate of drug-likeness (QED) is 0.411. The van der Waals surface area contributed by atoms with Crippen LogP contribution in [0.25, 0.3) is 0 Å². The van der Waals surface area contributed by atoms with Crippen LogP contribution >= 0.6 is 0 Å². The van der Waals surface area contributed by atoms with E-state index in [0.29, 0.717) is 12.5 Å². The molecule has 0 unspecified atom stereocenters. The molecule has 2 aromatic carbocycles. The van der Waals surface area contributed by atoms with Crippen molar-refractivity contribution in [2.45, 2.75) is 44.1 Å². The van der Waals surface area contributed by atoms with Crippen LogP contribution in [0.1, 0.15) is 43.7 Å². The first-order valence-corrected chi connectivity index (χ1v) is 11.3. The molecule has 1 aliphatic carbocycles. The normalized spacial score (nSPS) is 20.8. The first kappa shape index (κ1) is 24.2. The highest BCUT2D eigenvalue weighted by Gasteiger charge is 2.52. The van der Waals surface area contributed by atoms with Gasteiger partial charge in [0.15, 0.2) is 0 Å². The number of amidine groups is 1. The molecule has 1 saturated carbocycles. The topological polar surface area (TPSA) is 66.4 Å². The van der Waals surface area contributed by atoms with Gasteiger partial charge in [-0.25, -0.2) is 0 Å². The maximum atomic E-state index is 13.2. The third-order valence-electron chi connectivity index (χ3n) is 7.31. The van der Waals surface area contributed by atoms with E-state index < -0.39 is 5.41 Å². The lowest BCUT2D eigenvalue weighted by Crippen LogP contribution is -3.00. The van der Waals surface area contributed by atoms with Crippen LogP contribution < -0.4 is 22.7 Å². The Bertz CT molecular complexity index is 922. The molecule has 0 radical (unpaired) electrons. The van der Waals surface area contributed by atoms with Gasteiger partial charge in [0.05, 0.1) is 12.6 Å². The lowest BCUT2D eigenvalue weighted by Gasteiger charge is -2.37. The molecule has 0 spiro atoms. The maximum Gasteiger partial charge on any atom is 0.244 e. The van der Waals surface area contributed by atoms with E-state index in [2.05, 4.69) is 16.4 Å². The van der Waals surface area contributed by atoms with Gasteiger partial charge in [0, 0.05) is 13.3 Å². The predicted molar refractivity (Wildman–Crippen MR) is 122 cm³/mol. The zero-order valence-corrected chi connectivity index (χ0v) is 20.2. The van der Waals surface area contributed by atoms with Crippen molar-refractivity contribution in [1.29, 1.82) is 0 Å². The van der Waals surface area contributed by atoms with Crippen molar-refractivity contribution in [1.82, 2.24) is 4.90 Å². The number of aldehydes is 1. The summed E-state index contributed by atoms with van der Waals surface area (Å²) in [6.07, 6.45) is 4.47. The SMILES string of the molecule is CC1=[N+](CCC=O)CCN1[C@@H]1CC[C@H](C(C(N)=O)(c2ccccc2)c2ccccc2)C1.[Br-]. The predicted octanol–water partition coefficient (Wildman–Crippen LogP) is -0.0338. The lowest BCUT2D eigenvalue weighted by molar-refractivity contribution is -0.517. The lowest BCUT2D eigenvalue weighted by atomic mass is 9.64. The van der Waals surface area contributed by atoms with Crippen molar-refractivity contribution < 1.29 is 31.1 Å². The molecule has 6 heteroatoms. The number of nitrogens with two attached hydrogens (primary N) is 1. The van der Waals surface area contributed by atoms with E-state index in [9.17, 15) is 9.59 Å². The van der Waals surface area contributed by atoms with Crippen molar-refractivity contribution in [2.24, 2.45) is 11.7 Å². The number of carbonyl (C=O) groups is 2. The van der Waals surface area contributed by atoms with Crippen LogP contribution in [-0.2, 0) is 15.0 Å². The van der Waals surface area contributed by atoms with Crippen molar-refractivity contribution in [2.75, 3.05) is 19.6 Å². The first-order valence-electron chi connectivity index (χ1n) is 11.3. The van der Waals surface area contributed by atoms with E-state index in [1.807, 2.05) is 60.7 Å². The summed E-state index contributed by atoms with van der Waals surface area (Å²) >= 11 is 0. The van der Waals surface area contributed by atoms with Gasteiger partial charge in [-0.3, -0.25) is 14.3 Å². The average molecular weight is 498 g/mol. The molecule has 1 aliphatic heterocycles. The molecule has 5 nitrogen and oxygen atoms in total. The van der Waals surface area contributed by atoms with Crippen LogP contribution in [-0.4, -0.2) is 53.2 Å². The summed E-state index contributed by atoms with van der Waals surface area (Å²) in [5.74, 6) is 1.11. The Morgan fingerprint density at radius 2 is 1.69 bits per heavy atom. The Morgan fingerprint density at radius 3 is 2.22 bits per heavy atom. The fraction of sp³-hybridized carbons (Fsp3) is 0.423. The second-order valence-electron chi connectivity index (χ2n) is 8.75. The summed E-state index contributed by atoms with van der Waals surface area (Å²) in [6.45, 7) is 4.86. The van der Waals surface area contributed by atoms with E-state index >= 15 is 0 Å².